The SMILES string of the molecule is CC1=CC(=O)CCC1.CC1CC=CC(=O)C1. The van der Waals surface area contributed by atoms with Crippen LogP contribution in [0.1, 0.15) is 46.0 Å². The lowest BCUT2D eigenvalue weighted by Gasteiger charge is -2.08. The highest BCUT2D eigenvalue weighted by Crippen LogP contribution is 2.13. The molecule has 1 atom stereocenters. The van der Waals surface area contributed by atoms with E-state index < -0.39 is 0 Å². The zero-order valence-electron chi connectivity index (χ0n) is 10.2. The molecule has 0 aromatic carbocycles. The van der Waals surface area contributed by atoms with E-state index in [0.717, 1.165) is 32.1 Å². The Kier molecular flexibility index (Phi) is 5.17. The van der Waals surface area contributed by atoms with E-state index in [2.05, 4.69) is 6.92 Å². The van der Waals surface area contributed by atoms with E-state index in [1.54, 1.807) is 12.2 Å². The predicted octanol–water partition coefficient (Wildman–Crippen LogP) is 3.23. The van der Waals surface area contributed by atoms with Gasteiger partial charge in [0.1, 0.15) is 0 Å². The minimum atomic E-state index is 0.281. The van der Waals surface area contributed by atoms with Crippen molar-refractivity contribution in [1.29, 1.82) is 0 Å². The second kappa shape index (κ2) is 6.41. The molecular weight excluding hydrogens is 200 g/mol. The van der Waals surface area contributed by atoms with Crippen LogP contribution in [-0.4, -0.2) is 11.6 Å². The molecule has 0 spiro atoms. The van der Waals surface area contributed by atoms with E-state index in [-0.39, 0.29) is 5.78 Å². The zero-order chi connectivity index (χ0) is 12.0. The van der Waals surface area contributed by atoms with Crippen LogP contribution in [0.3, 0.4) is 0 Å². The summed E-state index contributed by atoms with van der Waals surface area (Å²) in [6.45, 7) is 4.11. The molecule has 2 heteroatoms. The van der Waals surface area contributed by atoms with Gasteiger partial charge in [-0.2, -0.15) is 0 Å². The van der Waals surface area contributed by atoms with Gasteiger partial charge in [0.25, 0.3) is 0 Å². The van der Waals surface area contributed by atoms with Gasteiger partial charge in [0, 0.05) is 12.8 Å². The van der Waals surface area contributed by atoms with Crippen LogP contribution < -0.4 is 0 Å². The molecule has 88 valence electrons. The molecule has 0 radical (unpaired) electrons. The van der Waals surface area contributed by atoms with Gasteiger partial charge in [0.2, 0.25) is 0 Å². The monoisotopic (exact) mass is 220 g/mol. The van der Waals surface area contributed by atoms with E-state index in [1.165, 1.54) is 5.57 Å². The van der Waals surface area contributed by atoms with Crippen LogP contribution in [-0.2, 0) is 9.59 Å². The van der Waals surface area contributed by atoms with Gasteiger partial charge in [0.15, 0.2) is 11.6 Å². The van der Waals surface area contributed by atoms with Crippen molar-refractivity contribution in [2.24, 2.45) is 5.92 Å². The van der Waals surface area contributed by atoms with Crippen molar-refractivity contribution < 1.29 is 9.59 Å². The van der Waals surface area contributed by atoms with Gasteiger partial charge in [-0.15, -0.1) is 0 Å². The van der Waals surface area contributed by atoms with E-state index in [4.69, 9.17) is 0 Å². The van der Waals surface area contributed by atoms with Crippen molar-refractivity contribution in [3.63, 3.8) is 0 Å². The van der Waals surface area contributed by atoms with Gasteiger partial charge in [0.05, 0.1) is 0 Å². The molecule has 0 heterocycles. The highest BCUT2D eigenvalue weighted by Gasteiger charge is 2.08. The zero-order valence-corrected chi connectivity index (χ0v) is 10.2. The highest BCUT2D eigenvalue weighted by molar-refractivity contribution is 5.91. The summed E-state index contributed by atoms with van der Waals surface area (Å²) < 4.78 is 0. The number of ketones is 2. The molecule has 1 unspecified atom stereocenters. The minimum absolute atomic E-state index is 0.281. The lowest BCUT2D eigenvalue weighted by Crippen LogP contribution is -2.05. The number of carbonyl (C=O) groups is 2. The average molecular weight is 220 g/mol. The highest BCUT2D eigenvalue weighted by atomic mass is 16.1. The Balaban J connectivity index is 0.000000160. The van der Waals surface area contributed by atoms with E-state index in [9.17, 15) is 9.59 Å². The van der Waals surface area contributed by atoms with Crippen molar-refractivity contribution in [1.82, 2.24) is 0 Å². The molecule has 2 rings (SSSR count). The fourth-order valence-electron chi connectivity index (χ4n) is 1.89. The Morgan fingerprint density at radius 2 is 1.94 bits per heavy atom. The summed E-state index contributed by atoms with van der Waals surface area (Å²) in [5, 5.41) is 0. The van der Waals surface area contributed by atoms with Crippen molar-refractivity contribution in [2.45, 2.75) is 46.0 Å². The molecule has 0 saturated carbocycles. The van der Waals surface area contributed by atoms with E-state index in [0.29, 0.717) is 11.7 Å². The fourth-order valence-corrected chi connectivity index (χ4v) is 1.89. The summed E-state index contributed by atoms with van der Waals surface area (Å²) in [5.74, 6) is 1.16. The van der Waals surface area contributed by atoms with Crippen molar-refractivity contribution in [3.8, 4) is 0 Å². The molecule has 2 aliphatic carbocycles. The first-order valence-corrected chi connectivity index (χ1v) is 5.97. The summed E-state index contributed by atoms with van der Waals surface area (Å²) in [4.78, 5) is 21.2. The number of carbonyl (C=O) groups excluding carboxylic acids is 2. The predicted molar refractivity (Wildman–Crippen MR) is 65.2 cm³/mol. The largest absolute Gasteiger partial charge is 0.295 e. The molecule has 0 saturated heterocycles. The maximum atomic E-state index is 10.6. The quantitative estimate of drug-likeness (QED) is 0.628. The molecular formula is C14H20O2. The van der Waals surface area contributed by atoms with Gasteiger partial charge in [-0.25, -0.2) is 0 Å². The molecule has 0 aromatic heterocycles. The Labute approximate surface area is 97.4 Å². The standard InChI is InChI=1S/2C7H10O/c2*1-6-3-2-4-7(8)5-6/h5H,2-4H2,1H3;2,4,6H,3,5H2,1H3. The van der Waals surface area contributed by atoms with Crippen LogP contribution in [0.25, 0.3) is 0 Å². The molecule has 0 aliphatic heterocycles. The normalized spacial score (nSPS) is 24.6. The van der Waals surface area contributed by atoms with E-state index in [1.807, 2.05) is 13.0 Å². The second-order valence-electron chi connectivity index (χ2n) is 4.72. The van der Waals surface area contributed by atoms with Gasteiger partial charge >= 0.3 is 0 Å². The smallest absolute Gasteiger partial charge is 0.155 e. The summed E-state index contributed by atoms with van der Waals surface area (Å²) >= 11 is 0. The number of allylic oxidation sites excluding steroid dienone is 4. The van der Waals surface area contributed by atoms with Crippen LogP contribution in [0.5, 0.6) is 0 Å². The molecule has 2 nitrogen and oxygen atoms in total. The maximum absolute atomic E-state index is 10.6. The first kappa shape index (κ1) is 12.9. The van der Waals surface area contributed by atoms with Crippen molar-refractivity contribution >= 4 is 11.6 Å². The summed E-state index contributed by atoms with van der Waals surface area (Å²) in [7, 11) is 0. The number of hydrogen-bond donors (Lipinski definition) is 0. The third-order valence-corrected chi connectivity index (χ3v) is 2.79. The Morgan fingerprint density at radius 1 is 1.19 bits per heavy atom. The van der Waals surface area contributed by atoms with Crippen LogP contribution in [0.15, 0.2) is 23.8 Å². The van der Waals surface area contributed by atoms with Crippen LogP contribution in [0.4, 0.5) is 0 Å². The molecule has 16 heavy (non-hydrogen) atoms. The Bertz CT molecular complexity index is 324. The van der Waals surface area contributed by atoms with Gasteiger partial charge < -0.3 is 0 Å². The first-order chi connectivity index (χ1) is 7.58. The Hall–Kier alpha value is -1.18. The first-order valence-electron chi connectivity index (χ1n) is 5.97. The lowest BCUT2D eigenvalue weighted by molar-refractivity contribution is -0.116. The topological polar surface area (TPSA) is 34.1 Å². The fraction of sp³-hybridized carbons (Fsp3) is 0.571. The minimum Gasteiger partial charge on any atom is -0.295 e. The molecule has 2 aliphatic rings. The maximum Gasteiger partial charge on any atom is 0.155 e. The second-order valence-corrected chi connectivity index (χ2v) is 4.72. The summed E-state index contributed by atoms with van der Waals surface area (Å²) in [6.07, 6.45) is 10.1. The molecule has 0 amide bonds. The van der Waals surface area contributed by atoms with Gasteiger partial charge in [-0.05, 0) is 44.3 Å². The number of hydrogen-bond acceptors (Lipinski definition) is 2. The van der Waals surface area contributed by atoms with Crippen molar-refractivity contribution in [2.75, 3.05) is 0 Å². The molecule has 0 aromatic rings. The third kappa shape index (κ3) is 5.06. The lowest BCUT2D eigenvalue weighted by atomic mass is 9.96. The summed E-state index contributed by atoms with van der Waals surface area (Å²) in [6, 6.07) is 0. The van der Waals surface area contributed by atoms with Crippen LogP contribution in [0, 0.1) is 5.92 Å². The van der Waals surface area contributed by atoms with Crippen LogP contribution >= 0.6 is 0 Å². The van der Waals surface area contributed by atoms with E-state index >= 15 is 0 Å². The molecule has 0 fully saturated rings. The molecule has 0 bridgehead atoms. The summed E-state index contributed by atoms with van der Waals surface area (Å²) in [5.41, 5.74) is 1.24. The Morgan fingerprint density at radius 3 is 2.31 bits per heavy atom. The van der Waals surface area contributed by atoms with Crippen LogP contribution in [0.2, 0.25) is 0 Å². The third-order valence-electron chi connectivity index (χ3n) is 2.79. The van der Waals surface area contributed by atoms with Gasteiger partial charge in [-0.3, -0.25) is 9.59 Å². The van der Waals surface area contributed by atoms with Gasteiger partial charge in [-0.1, -0.05) is 18.6 Å². The average Bonchev–Trinajstić information content (AvgIpc) is 2.17. The number of rotatable bonds is 0. The molecule has 0 N–H and O–H groups in total. The van der Waals surface area contributed by atoms with Crippen molar-refractivity contribution in [3.05, 3.63) is 23.8 Å².